The van der Waals surface area contributed by atoms with Gasteiger partial charge in [-0.15, -0.1) is 0 Å². The van der Waals surface area contributed by atoms with Crippen LogP contribution in [0.2, 0.25) is 0 Å². The van der Waals surface area contributed by atoms with Gasteiger partial charge in [0.05, 0.1) is 26.6 Å². The van der Waals surface area contributed by atoms with Crippen molar-refractivity contribution in [2.75, 3.05) is 31.4 Å². The van der Waals surface area contributed by atoms with E-state index in [1.165, 1.54) is 22.5 Å². The number of aromatic nitrogens is 6. The molecule has 0 aliphatic carbocycles. The third kappa shape index (κ3) is 7.96. The monoisotopic (exact) mass is 815 g/mol. The number of hydrogen-bond donors (Lipinski definition) is 7. The first-order valence-electron chi connectivity index (χ1n) is 14.8. The molecule has 12 atom stereocenters. The number of nitrogen functional groups attached to an aromatic ring is 1. The predicted molar refractivity (Wildman–Crippen MR) is 160 cm³/mol. The Morgan fingerprint density at radius 2 is 1.64 bits per heavy atom. The maximum Gasteiger partial charge on any atom is 0.280 e. The Kier molecular flexibility index (Phi) is 10.7. The quantitative estimate of drug-likeness (QED) is 0.0623. The number of aliphatic imine (C=N–C) groups is 1. The number of phosphoric acid groups is 3. The maximum absolute atomic E-state index is 12.5. The summed E-state index contributed by atoms with van der Waals surface area (Å²) in [6.07, 6.45) is -11.7. The third-order valence-corrected chi connectivity index (χ3v) is 12.2. The van der Waals surface area contributed by atoms with Crippen LogP contribution in [0.4, 0.5) is 11.8 Å². The Labute approximate surface area is 294 Å². The minimum Gasteiger partial charge on any atom is -0.829 e. The molecule has 9 N–H and O–H groups in total. The number of nitrogens with one attached hydrogen (secondary N) is 2. The van der Waals surface area contributed by atoms with E-state index >= 15 is 0 Å². The fourth-order valence-electron chi connectivity index (χ4n) is 5.80. The Morgan fingerprint density at radius 3 is 2.28 bits per heavy atom. The first-order chi connectivity index (χ1) is 24.7. The van der Waals surface area contributed by atoms with Gasteiger partial charge in [-0.25, -0.2) is 28.5 Å². The number of aliphatic hydroxyl groups excluding tert-OH is 3. The zero-order valence-corrected chi connectivity index (χ0v) is 29.6. The molecule has 0 amide bonds. The summed E-state index contributed by atoms with van der Waals surface area (Å²) in [7, 11) is -15.7. The molecule has 0 saturated carbocycles. The van der Waals surface area contributed by atoms with Gasteiger partial charge in [0.15, 0.2) is 29.4 Å². The second-order valence-corrected chi connectivity index (χ2v) is 16.0. The van der Waals surface area contributed by atoms with E-state index in [0.29, 0.717) is 0 Å². The average molecular weight is 815 g/mol. The number of phosphoric ester groups is 2. The summed E-state index contributed by atoms with van der Waals surface area (Å²) in [5, 5.41) is 46.9. The minimum atomic E-state index is -6.35. The van der Waals surface area contributed by atoms with Gasteiger partial charge in [-0.05, 0) is 0 Å². The van der Waals surface area contributed by atoms with Gasteiger partial charge in [0.1, 0.15) is 36.6 Å². The Bertz CT molecular complexity index is 2110. The van der Waals surface area contributed by atoms with Crippen LogP contribution >= 0.6 is 23.5 Å². The van der Waals surface area contributed by atoms with Crippen LogP contribution in [0, 0.1) is 0 Å². The number of ether oxygens (including phenoxy) is 3. The fourth-order valence-corrected chi connectivity index (χ4v) is 9.18. The number of methoxy groups -OCH3 is 1. The number of aryl methyl sites for hydroxylation is 1. The van der Waals surface area contributed by atoms with Crippen molar-refractivity contribution in [1.29, 1.82) is 0 Å². The van der Waals surface area contributed by atoms with E-state index in [1.807, 2.05) is 0 Å². The smallest absolute Gasteiger partial charge is 0.280 e. The highest BCUT2D eigenvalue weighted by Crippen LogP contribution is 2.63. The van der Waals surface area contributed by atoms with Gasteiger partial charge >= 0.3 is 0 Å². The number of anilines is 2. The molecule has 3 aliphatic heterocycles. The number of fused-ring (bicyclic) bond motifs is 2. The molecule has 0 spiro atoms. The van der Waals surface area contributed by atoms with Crippen LogP contribution in [0.3, 0.4) is 0 Å². The molecule has 2 fully saturated rings. The molecule has 2 saturated heterocycles. The van der Waals surface area contributed by atoms with Crippen molar-refractivity contribution in [2.24, 2.45) is 17.8 Å². The van der Waals surface area contributed by atoms with Crippen LogP contribution in [0.25, 0.3) is 11.2 Å². The molecule has 3 aromatic heterocycles. The Balaban J connectivity index is 1.05. The van der Waals surface area contributed by atoms with Crippen molar-refractivity contribution in [3.05, 3.63) is 28.7 Å². The highest BCUT2D eigenvalue weighted by molar-refractivity contribution is 7.65. The topological polar surface area (TPSA) is 418 Å². The summed E-state index contributed by atoms with van der Waals surface area (Å²) >= 11 is 0. The Morgan fingerprint density at radius 1 is 1.00 bits per heavy atom. The number of hydrogen-bond acceptors (Lipinski definition) is 24. The molecule has 0 radical (unpaired) electrons. The second kappa shape index (κ2) is 14.4. The molecule has 53 heavy (non-hydrogen) atoms. The number of H-pyrrole nitrogens is 1. The highest BCUT2D eigenvalue weighted by Gasteiger charge is 2.49. The fraction of sp³-hybridized carbons (Fsp3) is 0.591. The van der Waals surface area contributed by atoms with Crippen LogP contribution in [0.15, 0.2) is 22.4 Å². The van der Waals surface area contributed by atoms with Crippen molar-refractivity contribution >= 4 is 52.4 Å². The van der Waals surface area contributed by atoms with Crippen LogP contribution in [-0.2, 0) is 52.6 Å². The molecule has 3 aliphatic rings. The standard InChI is InChI=1S/C22H33N10O18P3/c1-30-6-32(16-10(30)18(37)29-22(24)27-16)20-13(35)14(44-2)8(48-20)4-46-52(40,41)50-53(42,43)49-51(38,39)45-3-7-11(33)12(34)19(47-7)31-5-25-9-15(31)26-21(23)28-17(9)36/h5-8,11-14,18-20,33-35H,3-4H2,1-2H3,(H,38,39)(H,40,41)(H,42,43)(H3,24,27,29)(H3,23,26,28,36)/p-3/t7-,8+,11?,12+,13?,14-,18?,19-,20+/m1/s1. The number of nitrogens with two attached hydrogens (primary N) is 2. The number of imidazole rings is 2. The molecule has 3 aromatic rings. The SMILES string of the molecule is CO[C@H]1C(O)[C@@H]([n+]2cn(C)c3c2NC(N)=NC3[O-])O[C@H]1COP(=O)([O-])OP(=O)([O-])OP(=O)([O-])OC[C@H]1O[C@@H](n2cnc3c(=O)[nH]c(N)nc32)[C@@H](O)C1O. The van der Waals surface area contributed by atoms with Crippen molar-refractivity contribution in [2.45, 2.75) is 55.3 Å². The van der Waals surface area contributed by atoms with Gasteiger partial charge in [-0.3, -0.25) is 32.6 Å². The normalized spacial score (nSPS) is 32.1. The number of nitrogens with zero attached hydrogens (tertiary/aromatic N) is 6. The van der Waals surface area contributed by atoms with Crippen LogP contribution in [0.5, 0.6) is 0 Å². The van der Waals surface area contributed by atoms with E-state index in [1.54, 1.807) is 0 Å². The van der Waals surface area contributed by atoms with Gasteiger partial charge in [0.25, 0.3) is 40.8 Å². The van der Waals surface area contributed by atoms with Gasteiger partial charge in [-0.2, -0.15) is 4.98 Å². The van der Waals surface area contributed by atoms with Crippen LogP contribution < -0.4 is 46.7 Å². The number of rotatable bonds is 13. The van der Waals surface area contributed by atoms with E-state index < -0.39 is 97.5 Å². The summed E-state index contributed by atoms with van der Waals surface area (Å²) in [6.45, 7) is -2.23. The number of aliphatic hydroxyl groups is 3. The van der Waals surface area contributed by atoms with Gasteiger partial charge in [-0.1, -0.05) is 0 Å². The highest BCUT2D eigenvalue weighted by atomic mass is 31.3. The first kappa shape index (κ1) is 39.5. The molecule has 6 unspecified atom stereocenters. The summed E-state index contributed by atoms with van der Waals surface area (Å²) in [5.74, 6) is -0.447. The summed E-state index contributed by atoms with van der Waals surface area (Å²) in [4.78, 5) is 62.8. The lowest BCUT2D eigenvalue weighted by molar-refractivity contribution is -0.753. The van der Waals surface area contributed by atoms with E-state index in [9.17, 15) is 53.6 Å². The maximum atomic E-state index is 12.5. The molecule has 294 valence electrons. The largest absolute Gasteiger partial charge is 0.829 e. The number of guanidine groups is 1. The zero-order valence-electron chi connectivity index (χ0n) is 26.9. The van der Waals surface area contributed by atoms with Gasteiger partial charge < -0.3 is 69.8 Å². The molecular formula is C22H30N10O18P3-3. The molecule has 6 heterocycles. The summed E-state index contributed by atoms with van der Waals surface area (Å²) < 4.78 is 73.8. The van der Waals surface area contributed by atoms with Gasteiger partial charge in [0, 0.05) is 13.3 Å². The lowest BCUT2D eigenvalue weighted by atomic mass is 10.1. The molecule has 0 bridgehead atoms. The molecule has 28 nitrogen and oxygen atoms in total. The Hall–Kier alpha value is -3.24. The van der Waals surface area contributed by atoms with Crippen molar-refractivity contribution in [1.82, 2.24) is 24.1 Å². The van der Waals surface area contributed by atoms with Crippen LogP contribution in [-0.4, -0.2) is 102 Å². The first-order valence-corrected chi connectivity index (χ1v) is 19.2. The van der Waals surface area contributed by atoms with E-state index in [0.717, 1.165) is 18.0 Å². The number of aromatic amines is 1. The van der Waals surface area contributed by atoms with E-state index in [-0.39, 0.29) is 34.6 Å². The molecular weight excluding hydrogens is 785 g/mol. The van der Waals surface area contributed by atoms with Crippen molar-refractivity contribution in [3.63, 3.8) is 0 Å². The zero-order chi connectivity index (χ0) is 38.8. The molecule has 31 heteroatoms. The van der Waals surface area contributed by atoms with Crippen LogP contribution in [0.1, 0.15) is 24.4 Å². The van der Waals surface area contributed by atoms with Crippen molar-refractivity contribution < 1.29 is 85.2 Å². The van der Waals surface area contributed by atoms with Crippen molar-refractivity contribution in [3.8, 4) is 0 Å². The third-order valence-electron chi connectivity index (χ3n) is 8.03. The summed E-state index contributed by atoms with van der Waals surface area (Å²) in [6, 6.07) is 0. The lowest BCUT2D eigenvalue weighted by Crippen LogP contribution is -2.49. The predicted octanol–water partition coefficient (Wildman–Crippen LogP) is -6.51. The van der Waals surface area contributed by atoms with Gasteiger partial charge in [0.2, 0.25) is 12.2 Å². The minimum absolute atomic E-state index is 0.101. The molecule has 6 rings (SSSR count). The summed E-state index contributed by atoms with van der Waals surface area (Å²) in [5.41, 5.74) is 10.2. The van der Waals surface area contributed by atoms with E-state index in [4.69, 9.17) is 25.7 Å². The molecule has 0 aromatic carbocycles. The second-order valence-electron chi connectivity index (χ2n) is 11.5. The average Bonchev–Trinajstić information content (AvgIpc) is 3.76. The van der Waals surface area contributed by atoms with E-state index in [2.05, 4.69) is 42.9 Å². The lowest BCUT2D eigenvalue weighted by Gasteiger charge is -2.35.